The van der Waals surface area contributed by atoms with Gasteiger partial charge in [0.05, 0.1) is 0 Å². The van der Waals surface area contributed by atoms with Crippen LogP contribution in [0.25, 0.3) is 0 Å². The van der Waals surface area contributed by atoms with Gasteiger partial charge in [-0.15, -0.1) is 0 Å². The summed E-state index contributed by atoms with van der Waals surface area (Å²) in [4.78, 5) is 0. The third-order valence-corrected chi connectivity index (χ3v) is 6.75. The molecular weight excluding hydrogens is 315 g/mol. The van der Waals surface area contributed by atoms with Crippen LogP contribution >= 0.6 is 27.8 Å². The summed E-state index contributed by atoms with van der Waals surface area (Å²) < 4.78 is 60.8. The second kappa shape index (κ2) is 3.88. The van der Waals surface area contributed by atoms with Gasteiger partial charge in [-0.05, 0) is 36.1 Å². The fourth-order valence-electron chi connectivity index (χ4n) is 0.356. The lowest BCUT2D eigenvalue weighted by Gasteiger charge is -2.28. The molecular formula is C4H6F5INP. The van der Waals surface area contributed by atoms with Gasteiger partial charge in [0, 0.05) is 0 Å². The fourth-order valence-corrected chi connectivity index (χ4v) is 1.89. The summed E-state index contributed by atoms with van der Waals surface area (Å²) >= 11 is 1.12. The van der Waals surface area contributed by atoms with E-state index in [9.17, 15) is 22.0 Å². The first kappa shape index (κ1) is 12.8. The summed E-state index contributed by atoms with van der Waals surface area (Å²) in [6, 6.07) is 0. The van der Waals surface area contributed by atoms with Crippen LogP contribution in [0, 0.1) is 0 Å². The molecule has 0 rings (SSSR count). The highest BCUT2D eigenvalue weighted by Crippen LogP contribution is 2.65. The maximum absolute atomic E-state index is 12.4. The summed E-state index contributed by atoms with van der Waals surface area (Å²) in [5.41, 5.74) is -7.13. The van der Waals surface area contributed by atoms with Crippen molar-refractivity contribution in [3.05, 3.63) is 0 Å². The van der Waals surface area contributed by atoms with E-state index in [1.807, 2.05) is 0 Å². The average Bonchev–Trinajstić information content (AvgIpc) is 1.83. The molecule has 0 aliphatic heterocycles. The Morgan fingerprint density at radius 1 is 1.08 bits per heavy atom. The number of halogens is 6. The smallest absolute Gasteiger partial charge is 0.275 e. The Kier molecular flexibility index (Phi) is 4.12. The van der Waals surface area contributed by atoms with Crippen molar-refractivity contribution in [1.82, 2.24) is 4.67 Å². The topological polar surface area (TPSA) is 3.24 Å². The van der Waals surface area contributed by atoms with Crippen LogP contribution < -0.4 is 0 Å². The Labute approximate surface area is 80.6 Å². The van der Waals surface area contributed by atoms with Gasteiger partial charge in [-0.3, -0.25) is 4.67 Å². The van der Waals surface area contributed by atoms with Gasteiger partial charge in [-0.2, -0.15) is 22.0 Å². The normalized spacial score (nSPS) is 16.8. The lowest BCUT2D eigenvalue weighted by atomic mass is 10.7. The fraction of sp³-hybridized carbons (Fsp3) is 1.00. The summed E-state index contributed by atoms with van der Waals surface area (Å²) in [6.07, 6.45) is -5.45. The molecule has 1 unspecified atom stereocenters. The largest absolute Gasteiger partial charge is 0.459 e. The van der Waals surface area contributed by atoms with Crippen LogP contribution in [0.1, 0.15) is 0 Å². The van der Waals surface area contributed by atoms with Crippen molar-refractivity contribution in [2.75, 3.05) is 14.1 Å². The molecule has 0 heterocycles. The Hall–Kier alpha value is 0.770. The minimum absolute atomic E-state index is 0.878. The molecule has 0 aromatic heterocycles. The molecule has 0 aliphatic rings. The maximum Gasteiger partial charge on any atom is 0.459 e. The molecule has 74 valence electrons. The molecule has 0 aliphatic carbocycles. The molecule has 12 heavy (non-hydrogen) atoms. The molecule has 0 aromatic rings. The van der Waals surface area contributed by atoms with E-state index in [2.05, 4.69) is 0 Å². The van der Waals surface area contributed by atoms with Crippen LogP contribution in [-0.4, -0.2) is 30.6 Å². The molecule has 0 spiro atoms. The van der Waals surface area contributed by atoms with Crippen LogP contribution in [0.3, 0.4) is 0 Å². The van der Waals surface area contributed by atoms with E-state index in [-0.39, 0.29) is 0 Å². The number of hydrogen-bond donors (Lipinski definition) is 0. The van der Waals surface area contributed by atoms with Crippen LogP contribution in [0.2, 0.25) is 0 Å². The van der Waals surface area contributed by atoms with E-state index >= 15 is 0 Å². The van der Waals surface area contributed by atoms with Crippen molar-refractivity contribution < 1.29 is 22.0 Å². The third-order valence-electron chi connectivity index (χ3n) is 0.924. The quantitative estimate of drug-likeness (QED) is 0.428. The van der Waals surface area contributed by atoms with E-state index < -0.39 is 17.6 Å². The van der Waals surface area contributed by atoms with Crippen molar-refractivity contribution in [2.24, 2.45) is 0 Å². The molecule has 1 atom stereocenters. The van der Waals surface area contributed by atoms with Gasteiger partial charge in [0.1, 0.15) is 5.71 Å². The molecule has 0 bridgehead atoms. The zero-order valence-corrected chi connectivity index (χ0v) is 9.21. The number of alkyl halides is 5. The first-order valence-electron chi connectivity index (χ1n) is 2.68. The summed E-state index contributed by atoms with van der Waals surface area (Å²) in [6.45, 7) is 0. The van der Waals surface area contributed by atoms with Gasteiger partial charge in [-0.1, -0.05) is 0 Å². The van der Waals surface area contributed by atoms with Crippen molar-refractivity contribution in [3.8, 4) is 0 Å². The molecule has 0 fully saturated rings. The Bertz CT molecular complexity index is 158. The van der Waals surface area contributed by atoms with Gasteiger partial charge in [0.15, 0.2) is 0 Å². The second-order valence-electron chi connectivity index (χ2n) is 2.15. The molecule has 0 amide bonds. The van der Waals surface area contributed by atoms with Crippen molar-refractivity contribution in [3.63, 3.8) is 0 Å². The van der Waals surface area contributed by atoms with Crippen molar-refractivity contribution in [1.29, 1.82) is 0 Å². The minimum Gasteiger partial charge on any atom is -0.275 e. The van der Waals surface area contributed by atoms with Crippen LogP contribution in [0.15, 0.2) is 0 Å². The van der Waals surface area contributed by atoms with Gasteiger partial charge in [0.25, 0.3) is 0 Å². The van der Waals surface area contributed by atoms with E-state index in [4.69, 9.17) is 0 Å². The molecule has 0 saturated carbocycles. The molecule has 0 N–H and O–H groups in total. The molecule has 1 nitrogen and oxygen atoms in total. The van der Waals surface area contributed by atoms with E-state index in [0.717, 1.165) is 26.7 Å². The van der Waals surface area contributed by atoms with Crippen LogP contribution in [0.5, 0.6) is 0 Å². The zero-order chi connectivity index (χ0) is 10.2. The average molecular weight is 321 g/mol. The maximum atomic E-state index is 12.4. The first-order chi connectivity index (χ1) is 5.10. The molecule has 0 saturated heterocycles. The summed E-state index contributed by atoms with van der Waals surface area (Å²) in [5.74, 6) is 0. The van der Waals surface area contributed by atoms with Crippen LogP contribution in [0.4, 0.5) is 22.0 Å². The van der Waals surface area contributed by atoms with Crippen LogP contribution in [-0.2, 0) is 0 Å². The lowest BCUT2D eigenvalue weighted by Crippen LogP contribution is -2.36. The minimum atomic E-state index is -5.45. The Morgan fingerprint density at radius 2 is 1.42 bits per heavy atom. The number of rotatable bonds is 2. The summed E-state index contributed by atoms with van der Waals surface area (Å²) in [7, 11) is 2.38. The standard InChI is InChI=1S/C4H6F5INP/c1-11(2)12(10)4(8,9)3(5,6)7/h1-2H3. The second-order valence-corrected chi connectivity index (χ2v) is 6.77. The molecule has 0 radical (unpaired) electrons. The highest BCUT2D eigenvalue weighted by atomic mass is 127. The SMILES string of the molecule is CN(C)P(I)C(F)(F)C(F)(F)F. The number of hydrogen-bond acceptors (Lipinski definition) is 1. The Morgan fingerprint density at radius 3 is 1.50 bits per heavy atom. The van der Waals surface area contributed by atoms with Gasteiger partial charge in [0.2, 0.25) is 0 Å². The predicted octanol–water partition coefficient (Wildman–Crippen LogP) is 3.45. The molecule has 0 aromatic carbocycles. The predicted molar refractivity (Wildman–Crippen MR) is 45.6 cm³/mol. The molecule has 8 heteroatoms. The highest BCUT2D eigenvalue weighted by Gasteiger charge is 2.62. The lowest BCUT2D eigenvalue weighted by molar-refractivity contribution is -0.240. The van der Waals surface area contributed by atoms with Crippen molar-refractivity contribution >= 4 is 27.8 Å². The number of nitrogens with zero attached hydrogens (tertiary/aromatic N) is 1. The van der Waals surface area contributed by atoms with Crippen molar-refractivity contribution in [2.45, 2.75) is 11.8 Å². The van der Waals surface area contributed by atoms with Gasteiger partial charge >= 0.3 is 11.8 Å². The van der Waals surface area contributed by atoms with E-state index in [1.54, 1.807) is 0 Å². The Balaban J connectivity index is 4.61. The van der Waals surface area contributed by atoms with Gasteiger partial charge < -0.3 is 0 Å². The summed E-state index contributed by atoms with van der Waals surface area (Å²) in [5, 5.41) is 0. The third kappa shape index (κ3) is 2.63. The monoisotopic (exact) mass is 321 g/mol. The van der Waals surface area contributed by atoms with Gasteiger partial charge in [-0.25, -0.2) is 0 Å². The zero-order valence-electron chi connectivity index (χ0n) is 6.16. The first-order valence-corrected chi connectivity index (χ1v) is 6.76. The van der Waals surface area contributed by atoms with E-state index in [0.29, 0.717) is 0 Å². The highest BCUT2D eigenvalue weighted by molar-refractivity contribution is 14.2. The van der Waals surface area contributed by atoms with E-state index in [1.165, 1.54) is 14.1 Å².